The number of fused-ring (bicyclic) bond motifs is 1. The standard InChI is InChI=1S/C27H23F3N6O2/c1-16-9-10-31-22(14-36-11-5-7-21(26(36)37)27(28,29)30)20(16)15-38-24-8-4-6-18-19(12-17(2)33-25(18)24)23-13-32-34-35(23)3/h4-13H,14-15H2,1-3H3. The number of aromatic nitrogens is 6. The average molecular weight is 521 g/mol. The number of hydrogen-bond acceptors (Lipinski definition) is 6. The molecule has 0 spiro atoms. The Morgan fingerprint density at radius 2 is 1.89 bits per heavy atom. The minimum Gasteiger partial charge on any atom is -0.487 e. The van der Waals surface area contributed by atoms with E-state index in [9.17, 15) is 18.0 Å². The Morgan fingerprint density at radius 1 is 1.08 bits per heavy atom. The maximum absolute atomic E-state index is 13.3. The van der Waals surface area contributed by atoms with Crippen LogP contribution in [0.2, 0.25) is 0 Å². The number of alkyl halides is 3. The SMILES string of the molecule is Cc1cc(-c2cnnn2C)c2cccc(OCc3c(C)ccnc3Cn3cccc(C(F)(F)F)c3=O)c2n1. The third-order valence-corrected chi connectivity index (χ3v) is 6.32. The molecule has 0 aliphatic heterocycles. The molecule has 0 bridgehead atoms. The lowest BCUT2D eigenvalue weighted by Crippen LogP contribution is -2.29. The molecular formula is C27H23F3N6O2. The Labute approximate surface area is 215 Å². The largest absolute Gasteiger partial charge is 0.487 e. The number of hydrogen-bond donors (Lipinski definition) is 0. The number of benzene rings is 1. The highest BCUT2D eigenvalue weighted by molar-refractivity contribution is 5.96. The lowest BCUT2D eigenvalue weighted by molar-refractivity contribution is -0.138. The summed E-state index contributed by atoms with van der Waals surface area (Å²) >= 11 is 0. The summed E-state index contributed by atoms with van der Waals surface area (Å²) in [6.45, 7) is 3.70. The molecule has 0 saturated heterocycles. The van der Waals surface area contributed by atoms with Gasteiger partial charge < -0.3 is 9.30 Å². The van der Waals surface area contributed by atoms with Crippen LogP contribution in [0.5, 0.6) is 5.75 Å². The maximum Gasteiger partial charge on any atom is 0.421 e. The molecule has 8 nitrogen and oxygen atoms in total. The predicted octanol–water partition coefficient (Wildman–Crippen LogP) is 4.85. The van der Waals surface area contributed by atoms with Crippen molar-refractivity contribution in [2.45, 2.75) is 33.2 Å². The number of nitrogens with zero attached hydrogens (tertiary/aromatic N) is 6. The van der Waals surface area contributed by atoms with Gasteiger partial charge in [0.1, 0.15) is 23.4 Å². The van der Waals surface area contributed by atoms with E-state index in [1.165, 1.54) is 12.3 Å². The number of pyridine rings is 3. The van der Waals surface area contributed by atoms with Crippen LogP contribution >= 0.6 is 0 Å². The molecule has 1 aromatic carbocycles. The van der Waals surface area contributed by atoms with Gasteiger partial charge >= 0.3 is 6.18 Å². The number of para-hydroxylation sites is 1. The van der Waals surface area contributed by atoms with Crippen LogP contribution in [0, 0.1) is 13.8 Å². The van der Waals surface area contributed by atoms with E-state index in [-0.39, 0.29) is 13.2 Å². The van der Waals surface area contributed by atoms with Crippen LogP contribution in [0.1, 0.15) is 28.1 Å². The van der Waals surface area contributed by atoms with Gasteiger partial charge in [0.25, 0.3) is 5.56 Å². The lowest BCUT2D eigenvalue weighted by atomic mass is 10.0. The molecule has 4 aromatic heterocycles. The summed E-state index contributed by atoms with van der Waals surface area (Å²) in [4.78, 5) is 21.6. The van der Waals surface area contributed by atoms with Crippen molar-refractivity contribution in [2.75, 3.05) is 0 Å². The third-order valence-electron chi connectivity index (χ3n) is 6.32. The van der Waals surface area contributed by atoms with Crippen LogP contribution in [0.3, 0.4) is 0 Å². The van der Waals surface area contributed by atoms with Crippen LogP contribution in [-0.2, 0) is 26.4 Å². The summed E-state index contributed by atoms with van der Waals surface area (Å²) in [5.74, 6) is 0.535. The van der Waals surface area contributed by atoms with Gasteiger partial charge in [-0.2, -0.15) is 13.2 Å². The monoisotopic (exact) mass is 520 g/mol. The first kappa shape index (κ1) is 25.1. The highest BCUT2D eigenvalue weighted by atomic mass is 19.4. The number of rotatable bonds is 6. The van der Waals surface area contributed by atoms with Crippen LogP contribution in [0.25, 0.3) is 22.2 Å². The van der Waals surface area contributed by atoms with Gasteiger partial charge in [-0.3, -0.25) is 9.78 Å². The normalized spacial score (nSPS) is 11.7. The molecule has 0 aliphatic carbocycles. The van der Waals surface area contributed by atoms with E-state index in [1.807, 2.05) is 45.2 Å². The molecule has 0 unspecified atom stereocenters. The van der Waals surface area contributed by atoms with Crippen molar-refractivity contribution in [3.05, 3.63) is 99.5 Å². The first-order valence-electron chi connectivity index (χ1n) is 11.7. The van der Waals surface area contributed by atoms with E-state index in [2.05, 4.69) is 15.3 Å². The minimum atomic E-state index is -4.74. The average Bonchev–Trinajstić information content (AvgIpc) is 3.29. The molecule has 4 heterocycles. The van der Waals surface area contributed by atoms with Crippen LogP contribution in [0.4, 0.5) is 13.2 Å². The molecule has 38 heavy (non-hydrogen) atoms. The zero-order valence-electron chi connectivity index (χ0n) is 20.8. The fraction of sp³-hybridized carbons (Fsp3) is 0.222. The van der Waals surface area contributed by atoms with Gasteiger partial charge in [0.2, 0.25) is 0 Å². The lowest BCUT2D eigenvalue weighted by Gasteiger charge is -2.16. The van der Waals surface area contributed by atoms with Gasteiger partial charge in [0.05, 0.1) is 24.1 Å². The van der Waals surface area contributed by atoms with Crippen molar-refractivity contribution < 1.29 is 17.9 Å². The molecule has 5 aromatic rings. The molecular weight excluding hydrogens is 497 g/mol. The summed E-state index contributed by atoms with van der Waals surface area (Å²) in [6.07, 6.45) is -0.180. The zero-order chi connectivity index (χ0) is 27.0. The van der Waals surface area contributed by atoms with Gasteiger partial charge in [-0.15, -0.1) is 5.10 Å². The summed E-state index contributed by atoms with van der Waals surface area (Å²) in [5, 5.41) is 8.87. The topological polar surface area (TPSA) is 87.7 Å². The minimum absolute atomic E-state index is 0.0834. The van der Waals surface area contributed by atoms with Crippen LogP contribution < -0.4 is 10.3 Å². The molecule has 0 radical (unpaired) electrons. The van der Waals surface area contributed by atoms with Crippen molar-refractivity contribution >= 4 is 10.9 Å². The van der Waals surface area contributed by atoms with Gasteiger partial charge in [0.15, 0.2) is 0 Å². The Balaban J connectivity index is 1.50. The van der Waals surface area contributed by atoms with E-state index in [1.54, 1.807) is 23.1 Å². The smallest absolute Gasteiger partial charge is 0.421 e. The Morgan fingerprint density at radius 3 is 2.63 bits per heavy atom. The van der Waals surface area contributed by atoms with Gasteiger partial charge in [0, 0.05) is 41.6 Å². The first-order chi connectivity index (χ1) is 18.1. The van der Waals surface area contributed by atoms with E-state index < -0.39 is 17.3 Å². The van der Waals surface area contributed by atoms with Crippen LogP contribution in [-0.4, -0.2) is 29.5 Å². The number of ether oxygens (including phenoxy) is 1. The Bertz CT molecular complexity index is 1710. The van der Waals surface area contributed by atoms with Crippen LogP contribution in [0.15, 0.2) is 65.8 Å². The first-order valence-corrected chi connectivity index (χ1v) is 11.7. The molecule has 194 valence electrons. The van der Waals surface area contributed by atoms with E-state index in [0.29, 0.717) is 22.5 Å². The third kappa shape index (κ3) is 4.74. The highest BCUT2D eigenvalue weighted by Crippen LogP contribution is 2.33. The van der Waals surface area contributed by atoms with Gasteiger partial charge in [-0.05, 0) is 49.7 Å². The quantitative estimate of drug-likeness (QED) is 0.318. The predicted molar refractivity (Wildman–Crippen MR) is 135 cm³/mol. The molecule has 0 saturated carbocycles. The van der Waals surface area contributed by atoms with E-state index in [0.717, 1.165) is 38.5 Å². The molecule has 5 rings (SSSR count). The van der Waals surface area contributed by atoms with E-state index >= 15 is 0 Å². The molecule has 0 N–H and O–H groups in total. The van der Waals surface area contributed by atoms with Gasteiger partial charge in [-0.1, -0.05) is 17.3 Å². The fourth-order valence-corrected chi connectivity index (χ4v) is 4.38. The second-order valence-electron chi connectivity index (χ2n) is 8.90. The second kappa shape index (κ2) is 9.73. The summed E-state index contributed by atoms with van der Waals surface area (Å²) < 4.78 is 48.7. The molecule has 11 heteroatoms. The zero-order valence-corrected chi connectivity index (χ0v) is 20.8. The molecule has 0 fully saturated rings. The van der Waals surface area contributed by atoms with Crippen molar-refractivity contribution in [1.82, 2.24) is 29.5 Å². The van der Waals surface area contributed by atoms with Crippen molar-refractivity contribution in [2.24, 2.45) is 7.05 Å². The van der Waals surface area contributed by atoms with Crippen molar-refractivity contribution in [3.63, 3.8) is 0 Å². The molecule has 0 atom stereocenters. The maximum atomic E-state index is 13.3. The summed E-state index contributed by atoms with van der Waals surface area (Å²) in [7, 11) is 1.81. The molecule has 0 aliphatic rings. The Hall–Kier alpha value is -4.54. The van der Waals surface area contributed by atoms with Crippen molar-refractivity contribution in [3.8, 4) is 17.0 Å². The van der Waals surface area contributed by atoms with Gasteiger partial charge in [-0.25, -0.2) is 9.67 Å². The second-order valence-corrected chi connectivity index (χ2v) is 8.90. The summed E-state index contributed by atoms with van der Waals surface area (Å²) in [5.41, 5.74) is 2.79. The number of aryl methyl sites for hydroxylation is 3. The number of halogens is 3. The molecule has 0 amide bonds. The summed E-state index contributed by atoms with van der Waals surface area (Å²) in [6, 6.07) is 11.3. The highest BCUT2D eigenvalue weighted by Gasteiger charge is 2.34. The fourth-order valence-electron chi connectivity index (χ4n) is 4.38. The van der Waals surface area contributed by atoms with Crippen molar-refractivity contribution in [1.29, 1.82) is 0 Å². The Kier molecular flexibility index (Phi) is 6.43. The van der Waals surface area contributed by atoms with E-state index in [4.69, 9.17) is 9.72 Å².